The fourth-order valence-corrected chi connectivity index (χ4v) is 1.95. The number of rotatable bonds is 5. The third kappa shape index (κ3) is 4.15. The average Bonchev–Trinajstić information content (AvgIpc) is 2.27. The Bertz CT molecular complexity index is 419. The minimum atomic E-state index is 0.0603. The minimum Gasteiger partial charge on any atom is -0.496 e. The lowest BCUT2D eigenvalue weighted by molar-refractivity contribution is 0.0990. The maximum atomic E-state index is 12.0. The summed E-state index contributed by atoms with van der Waals surface area (Å²) in [5, 5.41) is 2.88. The van der Waals surface area contributed by atoms with E-state index in [0.29, 0.717) is 17.9 Å². The molecule has 0 fully saturated rings. The molecule has 0 saturated carbocycles. The smallest absolute Gasteiger partial charge is 0.180 e. The van der Waals surface area contributed by atoms with Gasteiger partial charge in [-0.15, -0.1) is 0 Å². The van der Waals surface area contributed by atoms with Gasteiger partial charge in [0.05, 0.1) is 19.2 Å². The number of likely N-dealkylation sites (N-methyl/N-ethyl adjacent to an activating group) is 1. The third-order valence-electron chi connectivity index (χ3n) is 2.64. The number of hydrogen-bond donors (Lipinski definition) is 1. The van der Waals surface area contributed by atoms with Gasteiger partial charge in [-0.05, 0) is 36.6 Å². The van der Waals surface area contributed by atoms with Gasteiger partial charge in [-0.1, -0.05) is 26.8 Å². The molecule has 0 radical (unpaired) electrons. The summed E-state index contributed by atoms with van der Waals surface area (Å²) in [6, 6.07) is 5.86. The number of ketones is 1. The normalized spacial score (nSPS) is 11.4. The van der Waals surface area contributed by atoms with Crippen LogP contribution in [0.4, 0.5) is 0 Å². The van der Waals surface area contributed by atoms with Gasteiger partial charge in [0.2, 0.25) is 0 Å². The number of carbonyl (C=O) groups excluding carboxylic acids is 1. The summed E-state index contributed by atoms with van der Waals surface area (Å²) < 4.78 is 5.25. The van der Waals surface area contributed by atoms with Crippen molar-refractivity contribution in [3.63, 3.8) is 0 Å². The molecule has 18 heavy (non-hydrogen) atoms. The van der Waals surface area contributed by atoms with Gasteiger partial charge in [-0.3, -0.25) is 4.79 Å². The maximum Gasteiger partial charge on any atom is 0.180 e. The molecule has 0 aliphatic heterocycles. The van der Waals surface area contributed by atoms with E-state index in [1.807, 2.05) is 18.2 Å². The van der Waals surface area contributed by atoms with Crippen LogP contribution in [0, 0.1) is 5.41 Å². The molecule has 0 saturated heterocycles. The number of Topliss-reactive ketones (excluding diaryl/α,β-unsaturated/α-hetero) is 1. The number of carbonyl (C=O) groups is 1. The van der Waals surface area contributed by atoms with E-state index in [1.54, 1.807) is 14.2 Å². The molecule has 3 heteroatoms. The highest BCUT2D eigenvalue weighted by Gasteiger charge is 2.16. The van der Waals surface area contributed by atoms with E-state index in [-0.39, 0.29) is 11.2 Å². The van der Waals surface area contributed by atoms with Crippen molar-refractivity contribution >= 4 is 5.78 Å². The van der Waals surface area contributed by atoms with Crippen molar-refractivity contribution in [1.82, 2.24) is 5.32 Å². The van der Waals surface area contributed by atoms with Gasteiger partial charge in [0, 0.05) is 0 Å². The lowest BCUT2D eigenvalue weighted by Gasteiger charge is -2.19. The van der Waals surface area contributed by atoms with Gasteiger partial charge < -0.3 is 10.1 Å². The molecule has 0 heterocycles. The molecule has 100 valence electrons. The highest BCUT2D eigenvalue weighted by Crippen LogP contribution is 2.25. The first-order valence-electron chi connectivity index (χ1n) is 6.22. The van der Waals surface area contributed by atoms with Gasteiger partial charge in [0.15, 0.2) is 5.78 Å². The van der Waals surface area contributed by atoms with Crippen LogP contribution in [0.15, 0.2) is 18.2 Å². The van der Waals surface area contributed by atoms with E-state index in [4.69, 9.17) is 4.74 Å². The summed E-state index contributed by atoms with van der Waals surface area (Å²) in [6.07, 6.45) is 0.941. The van der Waals surface area contributed by atoms with Gasteiger partial charge in [-0.25, -0.2) is 0 Å². The van der Waals surface area contributed by atoms with E-state index in [0.717, 1.165) is 6.42 Å². The molecule has 1 rings (SSSR count). The Morgan fingerprint density at radius 1 is 1.33 bits per heavy atom. The van der Waals surface area contributed by atoms with Crippen LogP contribution in [0.1, 0.15) is 36.7 Å². The topological polar surface area (TPSA) is 38.3 Å². The molecular weight excluding hydrogens is 226 g/mol. The van der Waals surface area contributed by atoms with Crippen LogP contribution in [0.3, 0.4) is 0 Å². The largest absolute Gasteiger partial charge is 0.496 e. The van der Waals surface area contributed by atoms with Gasteiger partial charge in [0.25, 0.3) is 0 Å². The molecule has 1 N–H and O–H groups in total. The van der Waals surface area contributed by atoms with E-state index in [1.165, 1.54) is 5.56 Å². The highest BCUT2D eigenvalue weighted by atomic mass is 16.5. The van der Waals surface area contributed by atoms with Crippen LogP contribution in [-0.2, 0) is 6.42 Å². The molecular formula is C15H23NO2. The second-order valence-electron chi connectivity index (χ2n) is 5.73. The van der Waals surface area contributed by atoms with Crippen LogP contribution in [0.2, 0.25) is 0 Å². The lowest BCUT2D eigenvalue weighted by Crippen LogP contribution is -2.19. The zero-order chi connectivity index (χ0) is 13.8. The number of nitrogens with one attached hydrogen (secondary N) is 1. The Labute approximate surface area is 110 Å². The molecule has 0 atom stereocenters. The fraction of sp³-hybridized carbons (Fsp3) is 0.533. The number of ether oxygens (including phenoxy) is 1. The van der Waals surface area contributed by atoms with Crippen molar-refractivity contribution in [2.75, 3.05) is 20.7 Å². The third-order valence-corrected chi connectivity index (χ3v) is 2.64. The van der Waals surface area contributed by atoms with Gasteiger partial charge in [-0.2, -0.15) is 0 Å². The molecule has 0 amide bonds. The molecule has 0 aliphatic carbocycles. The van der Waals surface area contributed by atoms with E-state index in [9.17, 15) is 4.79 Å². The van der Waals surface area contributed by atoms with Crippen molar-refractivity contribution in [3.05, 3.63) is 29.3 Å². The Hall–Kier alpha value is -1.35. The summed E-state index contributed by atoms with van der Waals surface area (Å²) in [6.45, 7) is 6.89. The Morgan fingerprint density at radius 3 is 2.50 bits per heavy atom. The van der Waals surface area contributed by atoms with Crippen molar-refractivity contribution < 1.29 is 9.53 Å². The first kappa shape index (κ1) is 14.7. The molecule has 3 nitrogen and oxygen atoms in total. The average molecular weight is 249 g/mol. The summed E-state index contributed by atoms with van der Waals surface area (Å²) in [4.78, 5) is 12.0. The van der Waals surface area contributed by atoms with Crippen molar-refractivity contribution in [2.45, 2.75) is 27.2 Å². The summed E-state index contributed by atoms with van der Waals surface area (Å²) in [7, 11) is 3.36. The first-order chi connectivity index (χ1) is 8.37. The van der Waals surface area contributed by atoms with E-state index in [2.05, 4.69) is 26.1 Å². The lowest BCUT2D eigenvalue weighted by atomic mass is 9.87. The summed E-state index contributed by atoms with van der Waals surface area (Å²) in [5.41, 5.74) is 2.04. The summed E-state index contributed by atoms with van der Waals surface area (Å²) >= 11 is 0. The van der Waals surface area contributed by atoms with Crippen molar-refractivity contribution in [3.8, 4) is 5.75 Å². The molecule has 0 aromatic heterocycles. The summed E-state index contributed by atoms with van der Waals surface area (Å²) in [5.74, 6) is 0.706. The molecule has 0 spiro atoms. The molecule has 0 aliphatic rings. The van der Waals surface area contributed by atoms with Crippen LogP contribution < -0.4 is 10.1 Å². The van der Waals surface area contributed by atoms with Crippen LogP contribution >= 0.6 is 0 Å². The SMILES string of the molecule is CNCC(=O)c1cc(CC(C)(C)C)ccc1OC. The minimum absolute atomic E-state index is 0.0603. The molecule has 1 aromatic carbocycles. The van der Waals surface area contributed by atoms with Crippen LogP contribution in [0.5, 0.6) is 5.75 Å². The predicted octanol–water partition coefficient (Wildman–Crippen LogP) is 2.69. The number of methoxy groups -OCH3 is 1. The van der Waals surface area contributed by atoms with Crippen molar-refractivity contribution in [2.24, 2.45) is 5.41 Å². The van der Waals surface area contributed by atoms with Crippen molar-refractivity contribution in [1.29, 1.82) is 0 Å². The quantitative estimate of drug-likeness (QED) is 0.815. The highest BCUT2D eigenvalue weighted by molar-refractivity contribution is 6.00. The van der Waals surface area contributed by atoms with Crippen LogP contribution in [0.25, 0.3) is 0 Å². The zero-order valence-corrected chi connectivity index (χ0v) is 12.0. The predicted molar refractivity (Wildman–Crippen MR) is 74.4 cm³/mol. The fourth-order valence-electron chi connectivity index (χ4n) is 1.95. The molecule has 0 unspecified atom stereocenters. The first-order valence-corrected chi connectivity index (χ1v) is 6.22. The standard InChI is InChI=1S/C15H23NO2/c1-15(2,3)9-11-6-7-14(18-5)12(8-11)13(17)10-16-4/h6-8,16H,9-10H2,1-5H3. The second-order valence-corrected chi connectivity index (χ2v) is 5.73. The maximum absolute atomic E-state index is 12.0. The second kappa shape index (κ2) is 6.01. The van der Waals surface area contributed by atoms with Gasteiger partial charge in [0.1, 0.15) is 5.75 Å². The monoisotopic (exact) mass is 249 g/mol. The molecule has 0 bridgehead atoms. The Kier molecular flexibility index (Phi) is 4.91. The van der Waals surface area contributed by atoms with E-state index < -0.39 is 0 Å². The van der Waals surface area contributed by atoms with Crippen LogP contribution in [-0.4, -0.2) is 26.5 Å². The van der Waals surface area contributed by atoms with E-state index >= 15 is 0 Å². The Morgan fingerprint density at radius 2 is 2.00 bits per heavy atom. The van der Waals surface area contributed by atoms with Gasteiger partial charge >= 0.3 is 0 Å². The number of benzene rings is 1. The molecule has 1 aromatic rings. The number of hydrogen-bond acceptors (Lipinski definition) is 3. The zero-order valence-electron chi connectivity index (χ0n) is 12.0. The Balaban J connectivity index is 3.05.